The van der Waals surface area contributed by atoms with Gasteiger partial charge in [0.15, 0.2) is 0 Å². The van der Waals surface area contributed by atoms with Gasteiger partial charge >= 0.3 is 0 Å². The van der Waals surface area contributed by atoms with E-state index in [0.717, 1.165) is 39.8 Å². The summed E-state index contributed by atoms with van der Waals surface area (Å²) < 4.78 is 0. The third-order valence-corrected chi connectivity index (χ3v) is 5.51. The van der Waals surface area contributed by atoms with Gasteiger partial charge in [0, 0.05) is 23.8 Å². The van der Waals surface area contributed by atoms with Crippen molar-refractivity contribution in [2.24, 2.45) is 0 Å². The molecule has 0 aliphatic rings. The molecule has 0 unspecified atom stereocenters. The summed E-state index contributed by atoms with van der Waals surface area (Å²) in [5.41, 5.74) is 8.86. The second-order valence-electron chi connectivity index (χ2n) is 8.03. The van der Waals surface area contributed by atoms with Crippen LogP contribution < -0.4 is 4.90 Å². The molecule has 0 bridgehead atoms. The van der Waals surface area contributed by atoms with Gasteiger partial charge in [-0.3, -0.25) is 9.97 Å². The van der Waals surface area contributed by atoms with Crippen LogP contribution in [0, 0.1) is 13.8 Å². The van der Waals surface area contributed by atoms with E-state index in [-0.39, 0.29) is 0 Å². The summed E-state index contributed by atoms with van der Waals surface area (Å²) in [6.07, 6.45) is 3.59. The van der Waals surface area contributed by atoms with E-state index < -0.39 is 0 Å². The Labute approximate surface area is 194 Å². The highest BCUT2D eigenvalue weighted by Crippen LogP contribution is 2.37. The van der Waals surface area contributed by atoms with Crippen LogP contribution in [0.1, 0.15) is 11.1 Å². The molecule has 0 radical (unpaired) electrons. The normalized spacial score (nSPS) is 10.7. The van der Waals surface area contributed by atoms with Crippen molar-refractivity contribution < 1.29 is 0 Å². The maximum Gasteiger partial charge on any atom is 0.0915 e. The van der Waals surface area contributed by atoms with E-state index in [4.69, 9.17) is 4.98 Å². The fourth-order valence-corrected chi connectivity index (χ4v) is 3.77. The molecule has 0 aliphatic carbocycles. The van der Waals surface area contributed by atoms with Crippen molar-refractivity contribution in [1.29, 1.82) is 0 Å². The Morgan fingerprint density at radius 2 is 0.939 bits per heavy atom. The lowest BCUT2D eigenvalue weighted by atomic mass is 10.1. The zero-order chi connectivity index (χ0) is 22.6. The highest BCUT2D eigenvalue weighted by atomic mass is 15.1. The Morgan fingerprint density at radius 3 is 1.33 bits per heavy atom. The monoisotopic (exact) mass is 428 g/mol. The van der Waals surface area contributed by atoms with Gasteiger partial charge in [0.25, 0.3) is 0 Å². The average Bonchev–Trinajstić information content (AvgIpc) is 2.87. The lowest BCUT2D eigenvalue weighted by molar-refractivity contribution is 1.19. The summed E-state index contributed by atoms with van der Waals surface area (Å²) in [4.78, 5) is 16.3. The van der Waals surface area contributed by atoms with Crippen molar-refractivity contribution in [2.45, 2.75) is 13.8 Å². The highest BCUT2D eigenvalue weighted by Gasteiger charge is 2.17. The molecule has 0 spiro atoms. The number of nitrogens with zero attached hydrogens (tertiary/aromatic N) is 4. The first-order valence-corrected chi connectivity index (χ1v) is 11.0. The molecule has 0 saturated carbocycles. The standard InChI is InChI=1S/C29H24N4/c1-21-9-13-23(14-10-21)33(24-15-11-22(2)12-16-24)25-19-28(26-7-3-5-17-30-26)32-29(20-25)27-8-4-6-18-31-27/h3-20H,1-2H3. The van der Waals surface area contributed by atoms with Crippen LogP contribution in [0.5, 0.6) is 0 Å². The van der Waals surface area contributed by atoms with Gasteiger partial charge in [-0.05, 0) is 74.5 Å². The summed E-state index contributed by atoms with van der Waals surface area (Å²) in [6.45, 7) is 4.20. The predicted octanol–water partition coefficient (Wildman–Crippen LogP) is 7.29. The summed E-state index contributed by atoms with van der Waals surface area (Å²) in [5, 5.41) is 0. The zero-order valence-corrected chi connectivity index (χ0v) is 18.7. The first-order chi connectivity index (χ1) is 16.2. The largest absolute Gasteiger partial charge is 0.310 e. The molecule has 0 saturated heterocycles. The van der Waals surface area contributed by atoms with Crippen LogP contribution in [0.3, 0.4) is 0 Å². The van der Waals surface area contributed by atoms with E-state index in [1.807, 2.05) is 36.4 Å². The van der Waals surface area contributed by atoms with Crippen LogP contribution in [0.4, 0.5) is 17.1 Å². The van der Waals surface area contributed by atoms with E-state index in [1.54, 1.807) is 12.4 Å². The maximum atomic E-state index is 4.92. The lowest BCUT2D eigenvalue weighted by Gasteiger charge is -2.26. The highest BCUT2D eigenvalue weighted by molar-refractivity contribution is 5.81. The van der Waals surface area contributed by atoms with E-state index >= 15 is 0 Å². The van der Waals surface area contributed by atoms with Gasteiger partial charge in [-0.2, -0.15) is 0 Å². The summed E-state index contributed by atoms with van der Waals surface area (Å²) in [6, 6.07) is 33.1. The molecule has 0 fully saturated rings. The van der Waals surface area contributed by atoms with Crippen molar-refractivity contribution in [3.05, 3.63) is 121 Å². The van der Waals surface area contributed by atoms with Crippen molar-refractivity contribution in [3.8, 4) is 22.8 Å². The Hall–Kier alpha value is -4.31. The molecule has 160 valence electrons. The molecule has 3 aromatic heterocycles. The number of benzene rings is 2. The van der Waals surface area contributed by atoms with Gasteiger partial charge in [0.2, 0.25) is 0 Å². The van der Waals surface area contributed by atoms with Crippen LogP contribution in [0.15, 0.2) is 109 Å². The number of hydrogen-bond acceptors (Lipinski definition) is 4. The molecule has 0 aliphatic heterocycles. The summed E-state index contributed by atoms with van der Waals surface area (Å²) >= 11 is 0. The Bertz CT molecular complexity index is 1240. The predicted molar refractivity (Wildman–Crippen MR) is 135 cm³/mol. The molecule has 5 aromatic rings. The SMILES string of the molecule is Cc1ccc(N(c2ccc(C)cc2)c2cc(-c3ccccn3)nc(-c3ccccn3)c2)cc1. The van der Waals surface area contributed by atoms with Gasteiger partial charge in [-0.15, -0.1) is 0 Å². The van der Waals surface area contributed by atoms with E-state index in [2.05, 4.69) is 89.4 Å². The van der Waals surface area contributed by atoms with E-state index in [1.165, 1.54) is 11.1 Å². The zero-order valence-electron chi connectivity index (χ0n) is 18.7. The minimum absolute atomic E-state index is 0.804. The molecule has 0 atom stereocenters. The third kappa shape index (κ3) is 4.51. The third-order valence-electron chi connectivity index (χ3n) is 5.51. The molecule has 2 aromatic carbocycles. The second-order valence-corrected chi connectivity index (χ2v) is 8.03. The van der Waals surface area contributed by atoms with Gasteiger partial charge < -0.3 is 4.90 Å². The van der Waals surface area contributed by atoms with Crippen LogP contribution in [0.25, 0.3) is 22.8 Å². The molecule has 33 heavy (non-hydrogen) atoms. The van der Waals surface area contributed by atoms with Gasteiger partial charge in [-0.25, -0.2) is 4.98 Å². The Kier molecular flexibility index (Phi) is 5.64. The first kappa shape index (κ1) is 20.6. The van der Waals surface area contributed by atoms with Crippen LogP contribution >= 0.6 is 0 Å². The molecule has 5 rings (SSSR count). The average molecular weight is 429 g/mol. The Balaban J connectivity index is 1.74. The van der Waals surface area contributed by atoms with Crippen LogP contribution in [-0.2, 0) is 0 Å². The quantitative estimate of drug-likeness (QED) is 0.295. The van der Waals surface area contributed by atoms with Gasteiger partial charge in [0.05, 0.1) is 28.5 Å². The number of aromatic nitrogens is 3. The minimum atomic E-state index is 0.804. The minimum Gasteiger partial charge on any atom is -0.310 e. The fourth-order valence-electron chi connectivity index (χ4n) is 3.77. The molecule has 4 nitrogen and oxygen atoms in total. The molecule has 4 heteroatoms. The summed E-state index contributed by atoms with van der Waals surface area (Å²) in [7, 11) is 0. The van der Waals surface area contributed by atoms with Crippen molar-refractivity contribution in [2.75, 3.05) is 4.90 Å². The molecule has 0 N–H and O–H groups in total. The topological polar surface area (TPSA) is 41.9 Å². The van der Waals surface area contributed by atoms with Crippen LogP contribution in [0.2, 0.25) is 0 Å². The van der Waals surface area contributed by atoms with Crippen molar-refractivity contribution in [3.63, 3.8) is 0 Å². The maximum absolute atomic E-state index is 4.92. The van der Waals surface area contributed by atoms with Crippen molar-refractivity contribution in [1.82, 2.24) is 15.0 Å². The number of anilines is 3. The van der Waals surface area contributed by atoms with E-state index in [9.17, 15) is 0 Å². The van der Waals surface area contributed by atoms with Gasteiger partial charge in [0.1, 0.15) is 0 Å². The molecule has 0 amide bonds. The number of pyridine rings is 3. The van der Waals surface area contributed by atoms with Gasteiger partial charge in [-0.1, -0.05) is 47.5 Å². The molecular formula is C29H24N4. The molecule has 3 heterocycles. The number of hydrogen-bond donors (Lipinski definition) is 0. The number of aryl methyl sites for hydroxylation is 2. The number of rotatable bonds is 5. The van der Waals surface area contributed by atoms with Crippen molar-refractivity contribution >= 4 is 17.1 Å². The molecular weight excluding hydrogens is 404 g/mol. The second kappa shape index (κ2) is 9.05. The fraction of sp³-hybridized carbons (Fsp3) is 0.0690. The Morgan fingerprint density at radius 1 is 0.485 bits per heavy atom. The first-order valence-electron chi connectivity index (χ1n) is 11.0. The van der Waals surface area contributed by atoms with Crippen LogP contribution in [-0.4, -0.2) is 15.0 Å². The van der Waals surface area contributed by atoms with E-state index in [0.29, 0.717) is 0 Å². The smallest absolute Gasteiger partial charge is 0.0915 e. The lowest BCUT2D eigenvalue weighted by Crippen LogP contribution is -2.11. The summed E-state index contributed by atoms with van der Waals surface area (Å²) in [5.74, 6) is 0.